The summed E-state index contributed by atoms with van der Waals surface area (Å²) < 4.78 is 5.94. The Kier molecular flexibility index (Phi) is 10.6. The van der Waals surface area contributed by atoms with Gasteiger partial charge in [-0.3, -0.25) is 0 Å². The number of rotatable bonds is 14. The lowest BCUT2D eigenvalue weighted by Crippen LogP contribution is -1.97. The minimum absolute atomic E-state index is 0.817. The van der Waals surface area contributed by atoms with E-state index in [1.54, 1.807) is 0 Å². The van der Waals surface area contributed by atoms with E-state index in [1.165, 1.54) is 68.9 Å². The van der Waals surface area contributed by atoms with Crippen LogP contribution >= 0.6 is 0 Å². The third-order valence-electron chi connectivity index (χ3n) is 4.81. The molecule has 0 fully saturated rings. The lowest BCUT2D eigenvalue weighted by Gasteiger charge is -2.08. The zero-order valence-electron chi connectivity index (χ0n) is 16.2. The summed E-state index contributed by atoms with van der Waals surface area (Å²) in [6, 6.07) is 18.9. The molecule has 0 atom stereocenters. The summed E-state index contributed by atoms with van der Waals surface area (Å²) in [5, 5.41) is 0. The molecule has 2 aromatic rings. The standard InChI is InChI=1S/C24H35NO/c25-19-12-7-5-3-1-2-4-6-8-13-20-26-24-18-14-17-23(21-24)22-15-10-9-11-16-22/h9-11,14-18,21H,1-8,12-13,19-20,25H2. The highest BCUT2D eigenvalue weighted by Gasteiger charge is 2.00. The first-order valence-corrected chi connectivity index (χ1v) is 10.4. The summed E-state index contributed by atoms with van der Waals surface area (Å²) in [7, 11) is 0. The number of nitrogens with two attached hydrogens (primary N) is 1. The number of hydrogen-bond donors (Lipinski definition) is 1. The highest BCUT2D eigenvalue weighted by molar-refractivity contribution is 5.64. The van der Waals surface area contributed by atoms with E-state index in [9.17, 15) is 0 Å². The van der Waals surface area contributed by atoms with Crippen LogP contribution < -0.4 is 10.5 Å². The van der Waals surface area contributed by atoms with Gasteiger partial charge in [0.15, 0.2) is 0 Å². The van der Waals surface area contributed by atoms with Crippen LogP contribution in [0.15, 0.2) is 54.6 Å². The average Bonchev–Trinajstić information content (AvgIpc) is 2.70. The maximum absolute atomic E-state index is 5.94. The molecule has 0 amide bonds. The van der Waals surface area contributed by atoms with Crippen molar-refractivity contribution in [1.29, 1.82) is 0 Å². The second-order valence-electron chi connectivity index (χ2n) is 7.07. The van der Waals surface area contributed by atoms with Gasteiger partial charge in [-0.2, -0.15) is 0 Å². The Labute approximate surface area is 159 Å². The van der Waals surface area contributed by atoms with Gasteiger partial charge >= 0.3 is 0 Å². The molecule has 2 nitrogen and oxygen atoms in total. The van der Waals surface area contributed by atoms with Crippen molar-refractivity contribution in [1.82, 2.24) is 0 Å². The minimum Gasteiger partial charge on any atom is -0.494 e. The number of unbranched alkanes of at least 4 members (excludes halogenated alkanes) is 9. The Morgan fingerprint density at radius 3 is 1.81 bits per heavy atom. The van der Waals surface area contributed by atoms with Gasteiger partial charge in [-0.15, -0.1) is 0 Å². The summed E-state index contributed by atoms with van der Waals surface area (Å²) in [6.45, 7) is 1.66. The Morgan fingerprint density at radius 1 is 0.577 bits per heavy atom. The topological polar surface area (TPSA) is 35.2 Å². The molecule has 0 saturated carbocycles. The third kappa shape index (κ3) is 8.53. The number of hydrogen-bond acceptors (Lipinski definition) is 2. The van der Waals surface area contributed by atoms with E-state index in [0.29, 0.717) is 0 Å². The summed E-state index contributed by atoms with van der Waals surface area (Å²) in [5.74, 6) is 0.976. The molecule has 0 saturated heterocycles. The van der Waals surface area contributed by atoms with Crippen molar-refractivity contribution in [2.24, 2.45) is 5.73 Å². The Balaban J connectivity index is 1.51. The quantitative estimate of drug-likeness (QED) is 0.389. The van der Waals surface area contributed by atoms with Crippen LogP contribution in [0.4, 0.5) is 0 Å². The highest BCUT2D eigenvalue weighted by atomic mass is 16.5. The molecule has 0 heterocycles. The molecule has 0 bridgehead atoms. The molecule has 0 aliphatic carbocycles. The molecular formula is C24H35NO. The summed E-state index contributed by atoms with van der Waals surface area (Å²) in [6.07, 6.45) is 13.1. The molecular weight excluding hydrogens is 318 g/mol. The lowest BCUT2D eigenvalue weighted by molar-refractivity contribution is 0.304. The second-order valence-corrected chi connectivity index (χ2v) is 7.07. The minimum atomic E-state index is 0.817. The monoisotopic (exact) mass is 353 g/mol. The van der Waals surface area contributed by atoms with Gasteiger partial charge in [0, 0.05) is 0 Å². The van der Waals surface area contributed by atoms with Crippen LogP contribution in [-0.2, 0) is 0 Å². The fourth-order valence-electron chi connectivity index (χ4n) is 3.25. The van der Waals surface area contributed by atoms with Gasteiger partial charge in [0.05, 0.1) is 6.61 Å². The van der Waals surface area contributed by atoms with Crippen LogP contribution in [0.2, 0.25) is 0 Å². The van der Waals surface area contributed by atoms with E-state index in [4.69, 9.17) is 10.5 Å². The molecule has 2 aromatic carbocycles. The van der Waals surface area contributed by atoms with Crippen LogP contribution in [-0.4, -0.2) is 13.2 Å². The largest absolute Gasteiger partial charge is 0.494 e. The molecule has 26 heavy (non-hydrogen) atoms. The Morgan fingerprint density at radius 2 is 1.15 bits per heavy atom. The Hall–Kier alpha value is -1.80. The molecule has 0 aliphatic rings. The highest BCUT2D eigenvalue weighted by Crippen LogP contribution is 2.23. The predicted octanol–water partition coefficient (Wildman–Crippen LogP) is 6.59. The van der Waals surface area contributed by atoms with Gasteiger partial charge < -0.3 is 10.5 Å². The van der Waals surface area contributed by atoms with Crippen molar-refractivity contribution in [3.8, 4) is 16.9 Å². The molecule has 2 N–H and O–H groups in total. The number of benzene rings is 2. The maximum atomic E-state index is 5.94. The van der Waals surface area contributed by atoms with Crippen LogP contribution in [0.1, 0.15) is 64.2 Å². The van der Waals surface area contributed by atoms with E-state index in [2.05, 4.69) is 48.5 Å². The van der Waals surface area contributed by atoms with Gasteiger partial charge in [0.25, 0.3) is 0 Å². The SMILES string of the molecule is NCCCCCCCCCCCCOc1cccc(-c2ccccc2)c1. The second kappa shape index (κ2) is 13.4. The van der Waals surface area contributed by atoms with Crippen LogP contribution in [0, 0.1) is 0 Å². The molecule has 142 valence electrons. The van der Waals surface area contributed by atoms with Crippen molar-refractivity contribution in [2.75, 3.05) is 13.2 Å². The van der Waals surface area contributed by atoms with E-state index in [0.717, 1.165) is 25.3 Å². The van der Waals surface area contributed by atoms with E-state index in [-0.39, 0.29) is 0 Å². The predicted molar refractivity (Wildman–Crippen MR) is 113 cm³/mol. The first-order chi connectivity index (χ1) is 12.9. The van der Waals surface area contributed by atoms with Crippen LogP contribution in [0.3, 0.4) is 0 Å². The third-order valence-corrected chi connectivity index (χ3v) is 4.81. The molecule has 0 aliphatic heterocycles. The smallest absolute Gasteiger partial charge is 0.119 e. The summed E-state index contributed by atoms with van der Waals surface area (Å²) in [5.41, 5.74) is 7.96. The van der Waals surface area contributed by atoms with Gasteiger partial charge in [0.1, 0.15) is 5.75 Å². The molecule has 2 heteroatoms. The first-order valence-electron chi connectivity index (χ1n) is 10.4. The molecule has 2 rings (SSSR count). The van der Waals surface area contributed by atoms with Gasteiger partial charge in [-0.25, -0.2) is 0 Å². The van der Waals surface area contributed by atoms with E-state index < -0.39 is 0 Å². The molecule has 0 spiro atoms. The fourth-order valence-corrected chi connectivity index (χ4v) is 3.25. The summed E-state index contributed by atoms with van der Waals surface area (Å²) in [4.78, 5) is 0. The van der Waals surface area contributed by atoms with Crippen LogP contribution in [0.25, 0.3) is 11.1 Å². The van der Waals surface area contributed by atoms with Crippen molar-refractivity contribution in [2.45, 2.75) is 64.2 Å². The van der Waals surface area contributed by atoms with Crippen molar-refractivity contribution >= 4 is 0 Å². The van der Waals surface area contributed by atoms with Crippen molar-refractivity contribution < 1.29 is 4.74 Å². The van der Waals surface area contributed by atoms with Gasteiger partial charge in [0.2, 0.25) is 0 Å². The van der Waals surface area contributed by atoms with Crippen LogP contribution in [0.5, 0.6) is 5.75 Å². The zero-order chi connectivity index (χ0) is 18.3. The Bertz CT molecular complexity index is 582. The maximum Gasteiger partial charge on any atom is 0.119 e. The number of ether oxygens (including phenoxy) is 1. The average molecular weight is 354 g/mol. The fraction of sp³-hybridized carbons (Fsp3) is 0.500. The van der Waals surface area contributed by atoms with Crippen molar-refractivity contribution in [3.63, 3.8) is 0 Å². The van der Waals surface area contributed by atoms with Crippen molar-refractivity contribution in [3.05, 3.63) is 54.6 Å². The van der Waals surface area contributed by atoms with E-state index >= 15 is 0 Å². The zero-order valence-corrected chi connectivity index (χ0v) is 16.2. The lowest BCUT2D eigenvalue weighted by atomic mass is 10.1. The van der Waals surface area contributed by atoms with Gasteiger partial charge in [-0.05, 0) is 42.6 Å². The molecule has 0 radical (unpaired) electrons. The van der Waals surface area contributed by atoms with Gasteiger partial charge in [-0.1, -0.05) is 93.8 Å². The normalized spacial score (nSPS) is 10.8. The molecule has 0 unspecified atom stereocenters. The molecule has 0 aromatic heterocycles. The van der Waals surface area contributed by atoms with E-state index in [1.807, 2.05) is 6.07 Å². The summed E-state index contributed by atoms with van der Waals surface area (Å²) >= 11 is 0. The first kappa shape index (κ1) is 20.5.